The van der Waals surface area contributed by atoms with E-state index in [0.29, 0.717) is 57.8 Å². The number of nitrogens with zero attached hydrogens (tertiary/aromatic N) is 1. The zero-order chi connectivity index (χ0) is 53.0. The quantitative estimate of drug-likeness (QED) is 0.127. The van der Waals surface area contributed by atoms with Crippen LogP contribution in [-0.2, 0) is 57.1 Å². The lowest BCUT2D eigenvalue weighted by molar-refractivity contribution is -0.265. The van der Waals surface area contributed by atoms with Crippen LogP contribution >= 0.6 is 0 Å². The molecule has 3 aliphatic heterocycles. The van der Waals surface area contributed by atoms with E-state index in [9.17, 15) is 49.2 Å². The van der Waals surface area contributed by atoms with E-state index in [1.807, 2.05) is 32.9 Å². The van der Waals surface area contributed by atoms with Crippen molar-refractivity contribution in [3.05, 3.63) is 47.1 Å². The number of fused-ring (bicyclic) bond motifs is 4. The molecule has 0 spiro atoms. The van der Waals surface area contributed by atoms with Crippen molar-refractivity contribution in [2.45, 2.75) is 179 Å². The maximum Gasteiger partial charge on any atom is 0.509 e. The third-order valence-corrected chi connectivity index (χ3v) is 15.7. The van der Waals surface area contributed by atoms with Crippen LogP contribution in [0.1, 0.15) is 119 Å². The maximum absolute atomic E-state index is 14.5. The van der Waals surface area contributed by atoms with Gasteiger partial charge in [-0.25, -0.2) is 9.59 Å². The average Bonchev–Trinajstić information content (AvgIpc) is 3.36. The third-order valence-electron chi connectivity index (χ3n) is 15.7. The molecule has 404 valence electrons. The number of ether oxygens (including phenoxy) is 7. The lowest BCUT2D eigenvalue weighted by atomic mass is 9.67. The monoisotopic (exact) mass is 1020 g/mol. The van der Waals surface area contributed by atoms with Crippen molar-refractivity contribution in [2.75, 3.05) is 41.1 Å². The molecule has 5 aliphatic rings. The Morgan fingerprint density at radius 1 is 0.889 bits per heavy atom. The van der Waals surface area contributed by atoms with Gasteiger partial charge in [0.15, 0.2) is 18.0 Å². The number of cyclic esters (lactones) is 1. The molecule has 4 fully saturated rings. The molecular weight excluding hydrogens is 935 g/mol. The first kappa shape index (κ1) is 58.7. The van der Waals surface area contributed by atoms with Gasteiger partial charge in [-0.15, -0.1) is 0 Å². The maximum atomic E-state index is 14.5. The van der Waals surface area contributed by atoms with Gasteiger partial charge in [-0.3, -0.25) is 19.2 Å². The molecule has 72 heavy (non-hydrogen) atoms. The molecule has 3 heterocycles. The van der Waals surface area contributed by atoms with Crippen LogP contribution in [0.4, 0.5) is 4.79 Å². The molecule has 4 N–H and O–H groups in total. The number of aliphatic hydroxyl groups excluding tert-OH is 3. The molecule has 16 atom stereocenters. The molecule has 0 aromatic carbocycles. The molecule has 18 nitrogen and oxygen atoms in total. The number of hydrogen-bond acceptors (Lipinski definition) is 17. The number of rotatable bonds is 10. The van der Waals surface area contributed by atoms with Gasteiger partial charge in [0.25, 0.3) is 11.7 Å². The molecule has 2 saturated heterocycles. The van der Waals surface area contributed by atoms with E-state index in [2.05, 4.69) is 0 Å². The Morgan fingerprint density at radius 3 is 2.28 bits per heavy atom. The Kier molecular flexibility index (Phi) is 21.9. The minimum atomic E-state index is -2.47. The molecular formula is C54H81NO17. The van der Waals surface area contributed by atoms with Crippen LogP contribution in [0.15, 0.2) is 47.1 Å². The first-order valence-corrected chi connectivity index (χ1v) is 25.8. The van der Waals surface area contributed by atoms with Gasteiger partial charge in [0.05, 0.1) is 31.0 Å². The molecule has 18 heteroatoms. The fourth-order valence-electron chi connectivity index (χ4n) is 11.0. The molecule has 2 bridgehead atoms. The molecule has 2 saturated carbocycles. The van der Waals surface area contributed by atoms with E-state index in [0.717, 1.165) is 16.0 Å². The number of aliphatic hydroxyl groups is 4. The number of Topliss-reactive ketones (excluding diaryl/α,β-unsaturated/α-hetero) is 3. The largest absolute Gasteiger partial charge is 0.509 e. The van der Waals surface area contributed by atoms with Crippen molar-refractivity contribution in [1.82, 2.24) is 4.90 Å². The van der Waals surface area contributed by atoms with E-state index >= 15 is 0 Å². The predicted molar refractivity (Wildman–Crippen MR) is 262 cm³/mol. The topological polar surface area (TPSA) is 251 Å². The number of piperidine rings is 1. The van der Waals surface area contributed by atoms with Gasteiger partial charge in [0, 0.05) is 58.5 Å². The molecule has 0 aromatic heterocycles. The number of esters is 1. The highest BCUT2D eigenvalue weighted by atomic mass is 16.7. The van der Waals surface area contributed by atoms with Gasteiger partial charge in [0.2, 0.25) is 5.79 Å². The van der Waals surface area contributed by atoms with E-state index in [1.54, 1.807) is 53.2 Å². The fourth-order valence-corrected chi connectivity index (χ4v) is 11.0. The summed E-state index contributed by atoms with van der Waals surface area (Å²) in [4.78, 5) is 86.4. The Hall–Kier alpha value is -4.14. The summed E-state index contributed by atoms with van der Waals surface area (Å²) >= 11 is 0. The van der Waals surface area contributed by atoms with Crippen LogP contribution in [-0.4, -0.2) is 162 Å². The number of carbonyl (C=O) groups is 6. The number of amides is 1. The molecule has 5 rings (SSSR count). The summed E-state index contributed by atoms with van der Waals surface area (Å²) in [6.45, 7) is 9.36. The van der Waals surface area contributed by atoms with E-state index in [4.69, 9.17) is 33.2 Å². The highest BCUT2D eigenvalue weighted by Crippen LogP contribution is 2.42. The van der Waals surface area contributed by atoms with Crippen molar-refractivity contribution in [1.29, 1.82) is 0 Å². The highest BCUT2D eigenvalue weighted by Gasteiger charge is 2.53. The van der Waals surface area contributed by atoms with E-state index < -0.39 is 121 Å². The number of ketones is 3. The minimum absolute atomic E-state index is 0.0306. The molecule has 1 amide bonds. The van der Waals surface area contributed by atoms with Crippen molar-refractivity contribution in [3.8, 4) is 0 Å². The zero-order valence-electron chi connectivity index (χ0n) is 43.7. The Labute approximate surface area is 424 Å². The Balaban J connectivity index is 1.55. The molecule has 0 radical (unpaired) electrons. The number of allylic oxidation sites excluding steroid dienone is 6. The second-order valence-corrected chi connectivity index (χ2v) is 20.9. The lowest BCUT2D eigenvalue weighted by Gasteiger charge is -2.42. The normalized spacial score (nSPS) is 38.6. The van der Waals surface area contributed by atoms with Crippen LogP contribution < -0.4 is 0 Å². The number of carbonyl (C=O) groups excluding carboxylic acids is 6. The summed E-state index contributed by atoms with van der Waals surface area (Å²) in [6.07, 6.45) is 5.04. The second-order valence-electron chi connectivity index (χ2n) is 20.9. The van der Waals surface area contributed by atoms with Gasteiger partial charge in [0.1, 0.15) is 30.6 Å². The SMILES string of the molecule is CO[C@H]1CC2CC[C@@H](C)[C@@](O)(O2)C(=O)C(=O)N2CCCCC2C(=O)O[C@H]([C@H](C)C[C@@H]2CC[C@@H](O)[C@H](OC)C2)CC(=O)[C@H](C)/C=C(\C)[C@@H](OC(=O)OCC(O)CO)[C@@H](OC)C(=O)[C@H]2C[C@H](C)/C2=C/C=C/C=C/1C. The third kappa shape index (κ3) is 14.6. The molecule has 3 unspecified atom stereocenters. The lowest BCUT2D eigenvalue weighted by Crippen LogP contribution is -2.61. The van der Waals surface area contributed by atoms with Crippen LogP contribution in [0, 0.1) is 35.5 Å². The first-order valence-electron chi connectivity index (χ1n) is 25.8. The Bertz CT molecular complexity index is 2030. The fraction of sp³-hybridized carbons (Fsp3) is 0.741. The summed E-state index contributed by atoms with van der Waals surface area (Å²) in [7, 11) is 4.40. The van der Waals surface area contributed by atoms with Gasteiger partial charge in [-0.05, 0) is 107 Å². The van der Waals surface area contributed by atoms with Crippen LogP contribution in [0.2, 0.25) is 0 Å². The summed E-state index contributed by atoms with van der Waals surface area (Å²) in [5.41, 5.74) is 1.90. The van der Waals surface area contributed by atoms with Crippen molar-refractivity contribution in [3.63, 3.8) is 0 Å². The van der Waals surface area contributed by atoms with Crippen LogP contribution in [0.25, 0.3) is 0 Å². The second kappa shape index (κ2) is 26.9. The predicted octanol–water partition coefficient (Wildman–Crippen LogP) is 5.06. The minimum Gasteiger partial charge on any atom is -0.460 e. The van der Waals surface area contributed by atoms with Crippen LogP contribution in [0.3, 0.4) is 0 Å². The summed E-state index contributed by atoms with van der Waals surface area (Å²) in [6, 6.07) is -1.20. The first-order chi connectivity index (χ1) is 34.2. The molecule has 0 aromatic rings. The van der Waals surface area contributed by atoms with E-state index in [1.165, 1.54) is 7.11 Å². The zero-order valence-corrected chi connectivity index (χ0v) is 43.7. The van der Waals surface area contributed by atoms with Crippen LogP contribution in [0.5, 0.6) is 0 Å². The van der Waals surface area contributed by atoms with Crippen molar-refractivity contribution < 1.29 is 82.4 Å². The highest BCUT2D eigenvalue weighted by molar-refractivity contribution is 6.39. The number of methoxy groups -OCH3 is 3. The summed E-state index contributed by atoms with van der Waals surface area (Å²) < 4.78 is 40.5. The van der Waals surface area contributed by atoms with Gasteiger partial charge < -0.3 is 58.5 Å². The van der Waals surface area contributed by atoms with Gasteiger partial charge in [-0.2, -0.15) is 0 Å². The standard InChI is InChI=1S/C54H81NO17/c1-30-14-10-11-15-39-31(2)24-40(39)47(60)49(68-9)48(71-53(64)69-29-37(57)28-56)34(5)22-32(3)43(59)27-45(33(4)23-36-18-20-42(58)46(25-36)67-8)70-52(63)41-16-12-13-21-55(41)51(62)50(61)54(65)35(6)17-19-38(72-54)26-44(30)66-7/h10-11,14-15,22,31-33,35-38,40-42,44-46,48-49,56-58,65H,12-13,16-21,23-29H2,1-9H3/b11-10+,30-14+,34-22+,39-15-/t31-,32+,33+,35+,36-,37?,38?,40-,41?,42+,44-,45-,46+,48+,49-,54+/m0/s1. The van der Waals surface area contributed by atoms with E-state index in [-0.39, 0.29) is 54.8 Å². The Morgan fingerprint density at radius 2 is 1.61 bits per heavy atom. The van der Waals surface area contributed by atoms with Crippen molar-refractivity contribution in [2.24, 2.45) is 35.5 Å². The van der Waals surface area contributed by atoms with Gasteiger partial charge >= 0.3 is 12.1 Å². The average molecular weight is 1020 g/mol. The molecule has 2 aliphatic carbocycles. The van der Waals surface area contributed by atoms with Crippen molar-refractivity contribution >= 4 is 35.4 Å². The summed E-state index contributed by atoms with van der Waals surface area (Å²) in [5.74, 6) is -8.84. The number of hydrogen-bond donors (Lipinski definition) is 4. The van der Waals surface area contributed by atoms with Gasteiger partial charge in [-0.1, -0.05) is 63.6 Å². The summed E-state index contributed by atoms with van der Waals surface area (Å²) in [5, 5.41) is 41.7. The smallest absolute Gasteiger partial charge is 0.460 e.